The van der Waals surface area contributed by atoms with E-state index < -0.39 is 38.9 Å². The maximum absolute atomic E-state index is 12.9. The second kappa shape index (κ2) is 7.81. The van der Waals surface area contributed by atoms with Gasteiger partial charge < -0.3 is 4.42 Å². The number of hydrogen-bond acceptors (Lipinski definition) is 11. The molecule has 0 aliphatic carbocycles. The Hall–Kier alpha value is -3.62. The zero-order chi connectivity index (χ0) is 23.2. The Bertz CT molecular complexity index is 1670. The summed E-state index contributed by atoms with van der Waals surface area (Å²) in [5, 5.41) is 22.2. The number of nitro benzene ring substituents is 2. The van der Waals surface area contributed by atoms with Gasteiger partial charge in [-0.3, -0.25) is 25.0 Å². The molecule has 2 aromatic heterocycles. The Morgan fingerprint density at radius 3 is 2.16 bits per heavy atom. The summed E-state index contributed by atoms with van der Waals surface area (Å²) in [4.78, 5) is 44.2. The molecule has 0 aliphatic rings. The van der Waals surface area contributed by atoms with E-state index in [1.807, 2.05) is 0 Å². The molecule has 32 heavy (non-hydrogen) atoms. The molecule has 162 valence electrons. The molecule has 4 aromatic rings. The number of nitrogens with zero attached hydrogens (tertiary/aromatic N) is 2. The first-order valence-electron chi connectivity index (χ1n) is 8.44. The quantitative estimate of drug-likeness (QED) is 0.173. The highest BCUT2D eigenvalue weighted by molar-refractivity contribution is 8.72. The van der Waals surface area contributed by atoms with Crippen molar-refractivity contribution in [2.24, 2.45) is 0 Å². The van der Waals surface area contributed by atoms with Crippen LogP contribution in [0.15, 0.2) is 72.3 Å². The largest absolute Gasteiger partial charge is 0.422 e. The SMILES string of the molecule is O=c1oc2ccc([N+](=O)[O-])cc2cc1SS(=O)(=O)c1cc2cc([N+](=O)[O-])ccc2sc1=O. The Balaban J connectivity index is 1.82. The summed E-state index contributed by atoms with van der Waals surface area (Å²) < 4.78 is 30.4. The fraction of sp³-hybridized carbons (Fsp3) is 0. The van der Waals surface area contributed by atoms with Crippen LogP contribution in [0.3, 0.4) is 0 Å². The number of rotatable bonds is 5. The van der Waals surface area contributed by atoms with E-state index in [1.165, 1.54) is 18.2 Å². The second-order valence-corrected chi connectivity index (χ2v) is 11.1. The van der Waals surface area contributed by atoms with Crippen LogP contribution in [0.5, 0.6) is 0 Å². The first kappa shape index (κ1) is 21.6. The highest BCUT2D eigenvalue weighted by Crippen LogP contribution is 2.32. The van der Waals surface area contributed by atoms with E-state index in [2.05, 4.69) is 0 Å². The van der Waals surface area contributed by atoms with E-state index in [1.54, 1.807) is 0 Å². The third-order valence-electron chi connectivity index (χ3n) is 4.26. The Kier molecular flexibility index (Phi) is 5.28. The third kappa shape index (κ3) is 3.98. The summed E-state index contributed by atoms with van der Waals surface area (Å²) in [5.74, 6) is 0. The first-order valence-corrected chi connectivity index (χ1v) is 12.1. The standard InChI is InChI=1S/C18H8N2O9S3/c21-17-15(7-9-5-11(19(23)24)1-3-13(9)29-17)31-32(27,28)16-8-10-6-12(20(25)26)2-4-14(10)30-18(16)22/h1-8H. The monoisotopic (exact) mass is 492 g/mol. The lowest BCUT2D eigenvalue weighted by Crippen LogP contribution is -2.11. The molecule has 0 aliphatic heterocycles. The van der Waals surface area contributed by atoms with Crippen molar-refractivity contribution >= 4 is 63.4 Å². The molecule has 2 aromatic carbocycles. The average molecular weight is 492 g/mol. The summed E-state index contributed by atoms with van der Waals surface area (Å²) in [6, 6.07) is 9.27. The van der Waals surface area contributed by atoms with Crippen LogP contribution >= 0.6 is 22.1 Å². The van der Waals surface area contributed by atoms with Crippen molar-refractivity contribution < 1.29 is 22.7 Å². The first-order chi connectivity index (χ1) is 15.0. The molecular formula is C18H8N2O9S3. The predicted molar refractivity (Wildman–Crippen MR) is 117 cm³/mol. The Morgan fingerprint density at radius 1 is 0.875 bits per heavy atom. The normalized spacial score (nSPS) is 11.6. The number of fused-ring (bicyclic) bond motifs is 2. The van der Waals surface area contributed by atoms with E-state index in [9.17, 15) is 38.2 Å². The van der Waals surface area contributed by atoms with Gasteiger partial charge in [-0.05, 0) is 24.3 Å². The summed E-state index contributed by atoms with van der Waals surface area (Å²) in [5.41, 5.74) is -1.55. The van der Waals surface area contributed by atoms with Crippen LogP contribution in [-0.4, -0.2) is 18.3 Å². The van der Waals surface area contributed by atoms with Crippen molar-refractivity contribution in [2.45, 2.75) is 9.79 Å². The zero-order valence-corrected chi connectivity index (χ0v) is 17.9. The third-order valence-corrected chi connectivity index (χ3v) is 8.65. The molecule has 0 radical (unpaired) electrons. The van der Waals surface area contributed by atoms with E-state index in [4.69, 9.17) is 4.42 Å². The highest BCUT2D eigenvalue weighted by atomic mass is 33.1. The van der Waals surface area contributed by atoms with Crippen LogP contribution in [0.4, 0.5) is 11.4 Å². The van der Waals surface area contributed by atoms with Crippen LogP contribution in [0.2, 0.25) is 0 Å². The van der Waals surface area contributed by atoms with Gasteiger partial charge in [-0.2, -0.15) is 0 Å². The maximum atomic E-state index is 12.9. The fourth-order valence-corrected chi connectivity index (χ4v) is 6.93. The van der Waals surface area contributed by atoms with E-state index in [0.29, 0.717) is 16.0 Å². The van der Waals surface area contributed by atoms with Crippen molar-refractivity contribution in [1.29, 1.82) is 0 Å². The second-order valence-electron chi connectivity index (χ2n) is 6.29. The number of nitro groups is 2. The van der Waals surface area contributed by atoms with Gasteiger partial charge in [0.2, 0.25) is 8.87 Å². The van der Waals surface area contributed by atoms with Crippen molar-refractivity contribution in [3.05, 3.63) is 88.7 Å². The summed E-state index contributed by atoms with van der Waals surface area (Å²) in [6.45, 7) is 0. The summed E-state index contributed by atoms with van der Waals surface area (Å²) in [6.07, 6.45) is 0. The van der Waals surface area contributed by atoms with Crippen molar-refractivity contribution in [2.75, 3.05) is 0 Å². The lowest BCUT2D eigenvalue weighted by Gasteiger charge is -2.05. The van der Waals surface area contributed by atoms with Gasteiger partial charge >= 0.3 is 5.63 Å². The summed E-state index contributed by atoms with van der Waals surface area (Å²) >= 11 is 0.591. The Labute approximate surface area is 184 Å². The van der Waals surface area contributed by atoms with Gasteiger partial charge in [0.15, 0.2) is 0 Å². The predicted octanol–water partition coefficient (Wildman–Crippen LogP) is 3.67. The molecule has 0 fully saturated rings. The van der Waals surface area contributed by atoms with Gasteiger partial charge in [-0.15, -0.1) is 0 Å². The average Bonchev–Trinajstić information content (AvgIpc) is 2.72. The van der Waals surface area contributed by atoms with Gasteiger partial charge in [0, 0.05) is 50.5 Å². The molecule has 0 amide bonds. The molecule has 0 bridgehead atoms. The van der Waals surface area contributed by atoms with Crippen LogP contribution in [0, 0.1) is 20.2 Å². The van der Waals surface area contributed by atoms with E-state index >= 15 is 0 Å². The Morgan fingerprint density at radius 2 is 1.50 bits per heavy atom. The van der Waals surface area contributed by atoms with Gasteiger partial charge in [-0.25, -0.2) is 13.2 Å². The fourth-order valence-electron chi connectivity index (χ4n) is 2.81. The lowest BCUT2D eigenvalue weighted by molar-refractivity contribution is -0.384. The van der Waals surface area contributed by atoms with Crippen molar-refractivity contribution in [3.63, 3.8) is 0 Å². The molecule has 0 N–H and O–H groups in total. The van der Waals surface area contributed by atoms with E-state index in [-0.39, 0.29) is 38.5 Å². The maximum Gasteiger partial charge on any atom is 0.351 e. The summed E-state index contributed by atoms with van der Waals surface area (Å²) in [7, 11) is -4.38. The zero-order valence-electron chi connectivity index (χ0n) is 15.4. The molecule has 14 heteroatoms. The number of hydrogen-bond donors (Lipinski definition) is 0. The lowest BCUT2D eigenvalue weighted by atomic mass is 10.2. The minimum Gasteiger partial charge on any atom is -0.422 e. The minimum absolute atomic E-state index is 0.0205. The van der Waals surface area contributed by atoms with Crippen molar-refractivity contribution in [3.8, 4) is 0 Å². The van der Waals surface area contributed by atoms with Crippen LogP contribution in [0.1, 0.15) is 0 Å². The molecule has 4 rings (SSSR count). The van der Waals surface area contributed by atoms with Gasteiger partial charge in [0.25, 0.3) is 16.1 Å². The van der Waals surface area contributed by atoms with Crippen LogP contribution in [-0.2, 0) is 8.87 Å². The topological polar surface area (TPSA) is 168 Å². The number of benzene rings is 2. The molecule has 0 atom stereocenters. The molecule has 0 spiro atoms. The van der Waals surface area contributed by atoms with Crippen LogP contribution in [0.25, 0.3) is 21.1 Å². The minimum atomic E-state index is -4.44. The highest BCUT2D eigenvalue weighted by Gasteiger charge is 2.24. The van der Waals surface area contributed by atoms with E-state index in [0.717, 1.165) is 30.3 Å². The molecular weight excluding hydrogens is 484 g/mol. The van der Waals surface area contributed by atoms with Crippen LogP contribution < -0.4 is 10.4 Å². The van der Waals surface area contributed by atoms with Crippen molar-refractivity contribution in [1.82, 2.24) is 0 Å². The molecule has 2 heterocycles. The van der Waals surface area contributed by atoms with Gasteiger partial charge in [0.05, 0.1) is 9.85 Å². The molecule has 0 unspecified atom stereocenters. The number of non-ortho nitro benzene ring substituents is 2. The molecule has 0 saturated carbocycles. The van der Waals surface area contributed by atoms with Gasteiger partial charge in [0.1, 0.15) is 15.4 Å². The smallest absolute Gasteiger partial charge is 0.351 e. The molecule has 0 saturated heterocycles. The molecule has 11 nitrogen and oxygen atoms in total. The van der Waals surface area contributed by atoms with Gasteiger partial charge in [-0.1, -0.05) is 11.3 Å².